The molecule has 1 saturated carbocycles. The molecule has 3 rings (SSSR count). The van der Waals surface area contributed by atoms with E-state index in [0.717, 1.165) is 49.0 Å². The third-order valence-corrected chi connectivity index (χ3v) is 5.74. The standard InChI is InChI=1S/C21H32N4O3.HI/c1-22-20(24-15-21(8-3-9-21)10-12-27-2)23-11-13-28-17-5-6-18-16(14-17)4-7-19(26)25-18;/h5-6,14H,3-4,7-13,15H2,1-2H3,(H,25,26)(H2,22,23,24);1H. The van der Waals surface area contributed by atoms with Crippen LogP contribution in [0.25, 0.3) is 0 Å². The Morgan fingerprint density at radius 3 is 2.76 bits per heavy atom. The van der Waals surface area contributed by atoms with Crippen molar-refractivity contribution in [2.45, 2.75) is 38.5 Å². The Morgan fingerprint density at radius 1 is 1.24 bits per heavy atom. The van der Waals surface area contributed by atoms with E-state index < -0.39 is 0 Å². The molecule has 1 fully saturated rings. The number of ether oxygens (including phenoxy) is 2. The number of hydrogen-bond donors (Lipinski definition) is 3. The highest BCUT2D eigenvalue weighted by Gasteiger charge is 2.36. The number of carbonyl (C=O) groups excluding carboxylic acids is 1. The van der Waals surface area contributed by atoms with Gasteiger partial charge < -0.3 is 25.4 Å². The van der Waals surface area contributed by atoms with E-state index in [9.17, 15) is 4.79 Å². The van der Waals surface area contributed by atoms with E-state index in [0.29, 0.717) is 25.0 Å². The number of methoxy groups -OCH3 is 1. The molecule has 29 heavy (non-hydrogen) atoms. The van der Waals surface area contributed by atoms with Crippen molar-refractivity contribution in [1.29, 1.82) is 0 Å². The van der Waals surface area contributed by atoms with Crippen LogP contribution in [0.3, 0.4) is 0 Å². The molecule has 2 aliphatic rings. The minimum atomic E-state index is 0. The van der Waals surface area contributed by atoms with Gasteiger partial charge >= 0.3 is 0 Å². The average Bonchev–Trinajstić information content (AvgIpc) is 2.68. The quantitative estimate of drug-likeness (QED) is 0.204. The van der Waals surface area contributed by atoms with Crippen molar-refractivity contribution in [3.63, 3.8) is 0 Å². The molecule has 1 heterocycles. The van der Waals surface area contributed by atoms with Crippen molar-refractivity contribution < 1.29 is 14.3 Å². The molecule has 0 unspecified atom stereocenters. The monoisotopic (exact) mass is 516 g/mol. The molecule has 1 aromatic carbocycles. The van der Waals surface area contributed by atoms with E-state index in [1.165, 1.54) is 19.3 Å². The van der Waals surface area contributed by atoms with E-state index in [1.807, 2.05) is 18.2 Å². The van der Waals surface area contributed by atoms with Crippen LogP contribution in [0.15, 0.2) is 23.2 Å². The highest BCUT2D eigenvalue weighted by Crippen LogP contribution is 2.43. The first kappa shape index (κ1) is 23.7. The lowest BCUT2D eigenvalue weighted by atomic mass is 9.67. The molecule has 7 nitrogen and oxygen atoms in total. The highest BCUT2D eigenvalue weighted by atomic mass is 127. The smallest absolute Gasteiger partial charge is 0.224 e. The van der Waals surface area contributed by atoms with Gasteiger partial charge in [0.15, 0.2) is 5.96 Å². The average molecular weight is 516 g/mol. The third-order valence-electron chi connectivity index (χ3n) is 5.74. The first-order valence-electron chi connectivity index (χ1n) is 10.1. The zero-order valence-electron chi connectivity index (χ0n) is 17.4. The predicted octanol–water partition coefficient (Wildman–Crippen LogP) is 2.94. The molecule has 0 saturated heterocycles. The summed E-state index contributed by atoms with van der Waals surface area (Å²) >= 11 is 0. The first-order chi connectivity index (χ1) is 13.6. The summed E-state index contributed by atoms with van der Waals surface area (Å²) in [6.07, 6.45) is 6.19. The summed E-state index contributed by atoms with van der Waals surface area (Å²) in [6, 6.07) is 5.82. The largest absolute Gasteiger partial charge is 0.492 e. The van der Waals surface area contributed by atoms with Crippen LogP contribution in [0.4, 0.5) is 5.69 Å². The number of fused-ring (bicyclic) bond motifs is 1. The molecule has 0 spiro atoms. The molecular formula is C21H33IN4O3. The topological polar surface area (TPSA) is 84.0 Å². The van der Waals surface area contributed by atoms with E-state index in [-0.39, 0.29) is 29.9 Å². The van der Waals surface area contributed by atoms with Crippen LogP contribution >= 0.6 is 24.0 Å². The maximum Gasteiger partial charge on any atom is 0.224 e. The molecule has 1 aliphatic heterocycles. The number of guanidine groups is 1. The molecular weight excluding hydrogens is 483 g/mol. The number of anilines is 1. The Kier molecular flexibility index (Phi) is 9.48. The Morgan fingerprint density at radius 2 is 2.07 bits per heavy atom. The van der Waals surface area contributed by atoms with Gasteiger partial charge in [-0.3, -0.25) is 9.79 Å². The zero-order chi connectivity index (χ0) is 19.8. The lowest BCUT2D eigenvalue weighted by Crippen LogP contribution is -2.47. The molecule has 0 aromatic heterocycles. The van der Waals surface area contributed by atoms with Gasteiger partial charge in [-0.15, -0.1) is 24.0 Å². The van der Waals surface area contributed by atoms with Crippen molar-refractivity contribution in [3.05, 3.63) is 23.8 Å². The molecule has 0 atom stereocenters. The highest BCUT2D eigenvalue weighted by molar-refractivity contribution is 14.0. The fourth-order valence-electron chi connectivity index (χ4n) is 3.79. The van der Waals surface area contributed by atoms with Crippen molar-refractivity contribution >= 4 is 41.5 Å². The van der Waals surface area contributed by atoms with Gasteiger partial charge in [0, 0.05) is 39.4 Å². The van der Waals surface area contributed by atoms with Crippen LogP contribution in [0, 0.1) is 5.41 Å². The van der Waals surface area contributed by atoms with Crippen LogP contribution in [-0.4, -0.2) is 52.3 Å². The summed E-state index contributed by atoms with van der Waals surface area (Å²) in [5, 5.41) is 9.65. The lowest BCUT2D eigenvalue weighted by Gasteiger charge is -2.42. The summed E-state index contributed by atoms with van der Waals surface area (Å²) in [7, 11) is 3.55. The number of benzene rings is 1. The molecule has 3 N–H and O–H groups in total. The second kappa shape index (κ2) is 11.6. The fraction of sp³-hybridized carbons (Fsp3) is 0.619. The number of aliphatic imine (C=N–C) groups is 1. The van der Waals surface area contributed by atoms with Gasteiger partial charge in [0.2, 0.25) is 5.91 Å². The number of rotatable bonds is 9. The number of halogens is 1. The Bertz CT molecular complexity index is 707. The van der Waals surface area contributed by atoms with Gasteiger partial charge in [-0.2, -0.15) is 0 Å². The summed E-state index contributed by atoms with van der Waals surface area (Å²) in [5.41, 5.74) is 2.37. The first-order valence-corrected chi connectivity index (χ1v) is 10.1. The van der Waals surface area contributed by atoms with Gasteiger partial charge in [-0.1, -0.05) is 6.42 Å². The predicted molar refractivity (Wildman–Crippen MR) is 126 cm³/mol. The van der Waals surface area contributed by atoms with E-state index in [1.54, 1.807) is 14.2 Å². The van der Waals surface area contributed by atoms with Gasteiger partial charge in [0.05, 0.1) is 6.54 Å². The van der Waals surface area contributed by atoms with E-state index in [2.05, 4.69) is 20.9 Å². The van der Waals surface area contributed by atoms with Crippen LogP contribution in [0.2, 0.25) is 0 Å². The summed E-state index contributed by atoms with van der Waals surface area (Å²) in [4.78, 5) is 15.7. The Balaban J connectivity index is 0.00000300. The minimum Gasteiger partial charge on any atom is -0.492 e. The van der Waals surface area contributed by atoms with Crippen LogP contribution in [0.1, 0.15) is 37.7 Å². The number of amides is 1. The van der Waals surface area contributed by atoms with Crippen LogP contribution in [-0.2, 0) is 16.0 Å². The molecule has 1 aromatic rings. The second-order valence-corrected chi connectivity index (χ2v) is 7.66. The maximum absolute atomic E-state index is 11.4. The molecule has 0 bridgehead atoms. The van der Waals surface area contributed by atoms with E-state index >= 15 is 0 Å². The molecule has 162 valence electrons. The SMILES string of the molecule is CN=C(NCCOc1ccc2c(c1)CCC(=O)N2)NCC1(CCOC)CCC1.I. The summed E-state index contributed by atoms with van der Waals surface area (Å²) in [5.74, 6) is 1.71. The summed E-state index contributed by atoms with van der Waals surface area (Å²) < 4.78 is 11.1. The van der Waals surface area contributed by atoms with Crippen molar-refractivity contribution in [2.24, 2.45) is 10.4 Å². The second-order valence-electron chi connectivity index (χ2n) is 7.66. The van der Waals surface area contributed by atoms with Crippen LogP contribution < -0.4 is 20.7 Å². The van der Waals surface area contributed by atoms with Gasteiger partial charge in [0.25, 0.3) is 0 Å². The fourth-order valence-corrected chi connectivity index (χ4v) is 3.79. The minimum absolute atomic E-state index is 0. The van der Waals surface area contributed by atoms with Crippen molar-refractivity contribution in [2.75, 3.05) is 45.8 Å². The number of aryl methyl sites for hydroxylation is 1. The van der Waals surface area contributed by atoms with Gasteiger partial charge in [0.1, 0.15) is 12.4 Å². The van der Waals surface area contributed by atoms with E-state index in [4.69, 9.17) is 9.47 Å². The van der Waals surface area contributed by atoms with Crippen molar-refractivity contribution in [3.8, 4) is 5.75 Å². The summed E-state index contributed by atoms with van der Waals surface area (Å²) in [6.45, 7) is 2.94. The Labute approximate surface area is 190 Å². The normalized spacial score (nSPS) is 17.3. The molecule has 1 aliphatic carbocycles. The number of carbonyl (C=O) groups is 1. The van der Waals surface area contributed by atoms with Gasteiger partial charge in [-0.05, 0) is 54.9 Å². The molecule has 8 heteroatoms. The van der Waals surface area contributed by atoms with Crippen molar-refractivity contribution in [1.82, 2.24) is 10.6 Å². The Hall–Kier alpha value is -1.55. The number of nitrogens with one attached hydrogen (secondary N) is 3. The lowest BCUT2D eigenvalue weighted by molar-refractivity contribution is -0.116. The molecule has 1 amide bonds. The van der Waals surface area contributed by atoms with Gasteiger partial charge in [-0.25, -0.2) is 0 Å². The number of hydrogen-bond acceptors (Lipinski definition) is 4. The van der Waals surface area contributed by atoms with Crippen LogP contribution in [0.5, 0.6) is 5.75 Å². The maximum atomic E-state index is 11.4. The number of nitrogens with zero attached hydrogens (tertiary/aromatic N) is 1. The third kappa shape index (κ3) is 6.74. The zero-order valence-corrected chi connectivity index (χ0v) is 19.7. The molecule has 0 radical (unpaired) electrons.